The lowest BCUT2D eigenvalue weighted by molar-refractivity contribution is -0.111. The lowest BCUT2D eigenvalue weighted by atomic mass is 9.95. The second kappa shape index (κ2) is 8.15. The van der Waals surface area contributed by atoms with Gasteiger partial charge in [0.25, 0.3) is 5.91 Å². The monoisotopic (exact) mass is 455 g/mol. The molecular weight excluding hydrogens is 426 g/mol. The molecule has 1 heterocycles. The minimum absolute atomic E-state index is 0.105. The van der Waals surface area contributed by atoms with E-state index in [0.717, 1.165) is 49.7 Å². The number of hydrogen-bond donors (Lipinski definition) is 2. The van der Waals surface area contributed by atoms with Crippen LogP contribution in [0.5, 0.6) is 0 Å². The van der Waals surface area contributed by atoms with Gasteiger partial charge < -0.3 is 10.4 Å². The van der Waals surface area contributed by atoms with Crippen molar-refractivity contribution >= 4 is 27.1 Å². The Morgan fingerprint density at radius 1 is 1.16 bits per heavy atom. The molecule has 1 aromatic heterocycles. The Labute approximate surface area is 188 Å². The van der Waals surface area contributed by atoms with Crippen LogP contribution >= 0.6 is 0 Å². The molecule has 8 heteroatoms. The van der Waals surface area contributed by atoms with E-state index in [1.165, 1.54) is 0 Å². The Kier molecular flexibility index (Phi) is 5.45. The summed E-state index contributed by atoms with van der Waals surface area (Å²) >= 11 is 0. The van der Waals surface area contributed by atoms with Crippen LogP contribution < -0.4 is 5.32 Å². The van der Waals surface area contributed by atoms with Crippen molar-refractivity contribution in [3.63, 3.8) is 0 Å². The fourth-order valence-electron chi connectivity index (χ4n) is 4.59. The number of aliphatic hydroxyl groups excluding tert-OH is 1. The number of anilines is 1. The van der Waals surface area contributed by atoms with Crippen molar-refractivity contribution in [1.29, 1.82) is 0 Å². The summed E-state index contributed by atoms with van der Waals surface area (Å²) in [7, 11) is -1.52. The number of sulfone groups is 1. The van der Waals surface area contributed by atoms with Gasteiger partial charge in [-0.05, 0) is 80.0 Å². The second-order valence-electron chi connectivity index (χ2n) is 9.41. The lowest BCUT2D eigenvalue weighted by Crippen LogP contribution is -2.16. The number of hydrogen-bond acceptors (Lipinski definition) is 5. The minimum Gasteiger partial charge on any atom is -0.393 e. The van der Waals surface area contributed by atoms with Gasteiger partial charge in [0.05, 0.1) is 16.2 Å². The molecule has 2 aromatic rings. The summed E-state index contributed by atoms with van der Waals surface area (Å²) in [5, 5.41) is 16.8. The van der Waals surface area contributed by atoms with E-state index in [0.29, 0.717) is 22.7 Å². The SMILES string of the molecule is Cn1ccc(NC(=O)/C(=C/C2CCC(O)C2)c2ccc(S(=O)(=O)C3CC3)c(C3CC3)c2)n1. The zero-order chi connectivity index (χ0) is 22.5. The topological polar surface area (TPSA) is 101 Å². The average Bonchev–Trinajstić information content (AvgIpc) is 3.68. The molecule has 170 valence electrons. The number of carbonyl (C=O) groups excluding carboxylic acids is 1. The standard InChI is InChI=1S/C24H29N3O4S/c1-27-11-10-23(26-27)25-24(29)21(13-15-2-6-18(28)12-15)17-5-9-22(20(14-17)16-3-4-16)32(30,31)19-7-8-19/h5,9-11,13-16,18-19,28H,2-4,6-8,12H2,1H3,(H,25,26,29)/b21-13+. The zero-order valence-electron chi connectivity index (χ0n) is 18.2. The number of nitrogens with zero attached hydrogens (tertiary/aromatic N) is 2. The highest BCUT2D eigenvalue weighted by Gasteiger charge is 2.40. The number of carbonyl (C=O) groups is 1. The average molecular weight is 456 g/mol. The van der Waals surface area contributed by atoms with Gasteiger partial charge in [-0.1, -0.05) is 12.1 Å². The molecule has 0 bridgehead atoms. The Balaban J connectivity index is 1.52. The summed E-state index contributed by atoms with van der Waals surface area (Å²) < 4.78 is 27.6. The fourth-order valence-corrected chi connectivity index (χ4v) is 6.52. The van der Waals surface area contributed by atoms with Crippen LogP contribution in [0, 0.1) is 5.92 Å². The number of rotatable bonds is 7. The molecule has 3 fully saturated rings. The lowest BCUT2D eigenvalue weighted by Gasteiger charge is -2.15. The van der Waals surface area contributed by atoms with Gasteiger partial charge >= 0.3 is 0 Å². The summed E-state index contributed by atoms with van der Waals surface area (Å²) in [6.45, 7) is 0. The third-order valence-electron chi connectivity index (χ3n) is 6.66. The number of allylic oxidation sites excluding steroid dienone is 1. The van der Waals surface area contributed by atoms with E-state index in [1.54, 1.807) is 36.1 Å². The third-order valence-corrected chi connectivity index (χ3v) is 8.99. The first-order chi connectivity index (χ1) is 15.3. The van der Waals surface area contributed by atoms with Crippen molar-refractivity contribution < 1.29 is 18.3 Å². The molecule has 1 amide bonds. The quantitative estimate of drug-likeness (QED) is 0.623. The van der Waals surface area contributed by atoms with Crippen LogP contribution in [-0.2, 0) is 21.7 Å². The maximum Gasteiger partial charge on any atom is 0.257 e. The summed E-state index contributed by atoms with van der Waals surface area (Å²) in [5.41, 5.74) is 2.07. The van der Waals surface area contributed by atoms with E-state index in [1.807, 2.05) is 12.1 Å². The number of amides is 1. The van der Waals surface area contributed by atoms with Gasteiger partial charge in [-0.3, -0.25) is 9.48 Å². The van der Waals surface area contributed by atoms with Crippen LogP contribution in [0.1, 0.15) is 62.0 Å². The first kappa shape index (κ1) is 21.4. The van der Waals surface area contributed by atoms with Gasteiger partial charge in [-0.2, -0.15) is 5.10 Å². The van der Waals surface area contributed by atoms with Crippen LogP contribution in [0.3, 0.4) is 0 Å². The zero-order valence-corrected chi connectivity index (χ0v) is 19.0. The molecule has 0 aliphatic heterocycles. The van der Waals surface area contributed by atoms with Gasteiger partial charge in [0.15, 0.2) is 15.7 Å². The second-order valence-corrected chi connectivity index (χ2v) is 11.6. The third kappa shape index (κ3) is 4.38. The Morgan fingerprint density at radius 3 is 2.53 bits per heavy atom. The van der Waals surface area contributed by atoms with E-state index in [2.05, 4.69) is 10.4 Å². The van der Waals surface area contributed by atoms with E-state index < -0.39 is 9.84 Å². The molecule has 0 spiro atoms. The summed E-state index contributed by atoms with van der Waals surface area (Å²) in [4.78, 5) is 13.7. The van der Waals surface area contributed by atoms with Gasteiger partial charge in [0, 0.05) is 24.9 Å². The molecule has 3 aliphatic rings. The molecule has 5 rings (SSSR count). The predicted molar refractivity (Wildman–Crippen MR) is 122 cm³/mol. The minimum atomic E-state index is -3.31. The largest absolute Gasteiger partial charge is 0.393 e. The van der Waals surface area contributed by atoms with Crippen LogP contribution in [0.25, 0.3) is 5.57 Å². The van der Waals surface area contributed by atoms with Crippen molar-refractivity contribution in [2.24, 2.45) is 13.0 Å². The maximum atomic E-state index is 13.3. The highest BCUT2D eigenvalue weighted by molar-refractivity contribution is 7.92. The van der Waals surface area contributed by atoms with Crippen molar-refractivity contribution in [2.45, 2.75) is 67.1 Å². The molecule has 7 nitrogen and oxygen atoms in total. The number of aliphatic hydroxyl groups is 1. The Morgan fingerprint density at radius 2 is 1.94 bits per heavy atom. The molecule has 2 N–H and O–H groups in total. The highest BCUT2D eigenvalue weighted by Crippen LogP contribution is 2.46. The molecule has 3 saturated carbocycles. The van der Waals surface area contributed by atoms with Crippen molar-refractivity contribution in [2.75, 3.05) is 5.32 Å². The first-order valence-corrected chi connectivity index (χ1v) is 12.9. The van der Waals surface area contributed by atoms with Crippen LogP contribution in [0.4, 0.5) is 5.82 Å². The van der Waals surface area contributed by atoms with Crippen LogP contribution in [0.2, 0.25) is 0 Å². The summed E-state index contributed by atoms with van der Waals surface area (Å²) in [6, 6.07) is 7.09. The van der Waals surface area contributed by atoms with Gasteiger partial charge in [-0.15, -0.1) is 0 Å². The maximum absolute atomic E-state index is 13.3. The fraction of sp³-hybridized carbons (Fsp3) is 0.500. The van der Waals surface area contributed by atoms with E-state index in [4.69, 9.17) is 0 Å². The van der Waals surface area contributed by atoms with Crippen LogP contribution in [0.15, 0.2) is 41.4 Å². The molecule has 3 aliphatic carbocycles. The Hall–Kier alpha value is -2.45. The van der Waals surface area contributed by atoms with Crippen molar-refractivity contribution in [1.82, 2.24) is 9.78 Å². The smallest absolute Gasteiger partial charge is 0.257 e. The molecule has 2 unspecified atom stereocenters. The van der Waals surface area contributed by atoms with Crippen LogP contribution in [-0.4, -0.2) is 40.6 Å². The van der Waals surface area contributed by atoms with Gasteiger partial charge in [0.1, 0.15) is 0 Å². The molecule has 0 saturated heterocycles. The summed E-state index contributed by atoms with van der Waals surface area (Å²) in [5.74, 6) is 0.537. The molecule has 32 heavy (non-hydrogen) atoms. The number of benzene rings is 1. The number of aryl methyl sites for hydroxylation is 1. The van der Waals surface area contributed by atoms with Crippen molar-refractivity contribution in [3.8, 4) is 0 Å². The number of nitrogens with one attached hydrogen (secondary N) is 1. The van der Waals surface area contributed by atoms with Gasteiger partial charge in [-0.25, -0.2) is 8.42 Å². The molecule has 2 atom stereocenters. The number of aromatic nitrogens is 2. The highest BCUT2D eigenvalue weighted by atomic mass is 32.2. The van der Waals surface area contributed by atoms with E-state index in [-0.39, 0.29) is 29.1 Å². The van der Waals surface area contributed by atoms with Gasteiger partial charge in [0.2, 0.25) is 0 Å². The normalized spacial score (nSPS) is 24.0. The van der Waals surface area contributed by atoms with E-state index >= 15 is 0 Å². The Bertz CT molecular complexity index is 1180. The molecule has 0 radical (unpaired) electrons. The summed E-state index contributed by atoms with van der Waals surface area (Å²) in [6.07, 6.45) is 8.95. The predicted octanol–water partition coefficient (Wildman–Crippen LogP) is 3.42. The van der Waals surface area contributed by atoms with E-state index in [9.17, 15) is 18.3 Å². The molecule has 1 aromatic carbocycles. The molecular formula is C24H29N3O4S. The van der Waals surface area contributed by atoms with Crippen molar-refractivity contribution in [3.05, 3.63) is 47.7 Å². The first-order valence-electron chi connectivity index (χ1n) is 11.4.